The quantitative estimate of drug-likeness (QED) is 0.782. The average molecular weight is 324 g/mol. The van der Waals surface area contributed by atoms with E-state index in [4.69, 9.17) is 4.74 Å². The van der Waals surface area contributed by atoms with Gasteiger partial charge >= 0.3 is 6.18 Å². The summed E-state index contributed by atoms with van der Waals surface area (Å²) < 4.78 is 45.6. The van der Waals surface area contributed by atoms with Gasteiger partial charge in [-0.1, -0.05) is 18.2 Å². The Balaban J connectivity index is 2.07. The largest absolute Gasteiger partial charge is 0.416 e. The van der Waals surface area contributed by atoms with Crippen molar-refractivity contribution in [2.75, 3.05) is 0 Å². The fourth-order valence-electron chi connectivity index (χ4n) is 3.52. The van der Waals surface area contributed by atoms with Gasteiger partial charge in [-0.25, -0.2) is 0 Å². The van der Waals surface area contributed by atoms with Crippen molar-refractivity contribution >= 4 is 12.1 Å². The highest BCUT2D eigenvalue weighted by molar-refractivity contribution is 5.91. The first-order valence-corrected chi connectivity index (χ1v) is 7.27. The Labute approximate surface area is 131 Å². The molecule has 2 aliphatic rings. The fraction of sp³-hybridized carbons (Fsp3) is 0.412. The fourth-order valence-corrected chi connectivity index (χ4v) is 3.52. The number of hydrogen-bond donors (Lipinski definition) is 0. The minimum Gasteiger partial charge on any atom is -0.362 e. The summed E-state index contributed by atoms with van der Waals surface area (Å²) >= 11 is 0. The van der Waals surface area contributed by atoms with Crippen LogP contribution in [0.15, 0.2) is 36.4 Å². The lowest BCUT2D eigenvalue weighted by Gasteiger charge is -2.30. The summed E-state index contributed by atoms with van der Waals surface area (Å²) in [6, 6.07) is 5.10. The van der Waals surface area contributed by atoms with Gasteiger partial charge in [-0.3, -0.25) is 4.79 Å². The molecule has 0 radical (unpaired) electrons. The van der Waals surface area contributed by atoms with Crippen LogP contribution in [0.25, 0.3) is 0 Å². The molecule has 23 heavy (non-hydrogen) atoms. The number of halogens is 3. The number of ether oxygens (including phenoxy) is 1. The number of ketones is 1. The Bertz CT molecular complexity index is 680. The number of hydrogen-bond acceptors (Lipinski definition) is 3. The Morgan fingerprint density at radius 1 is 1.30 bits per heavy atom. The number of allylic oxidation sites excluding steroid dienone is 1. The second-order valence-corrected chi connectivity index (χ2v) is 6.13. The Hall–Kier alpha value is -1.95. The molecule has 3 nitrogen and oxygen atoms in total. The van der Waals surface area contributed by atoms with Crippen molar-refractivity contribution in [1.29, 1.82) is 0 Å². The van der Waals surface area contributed by atoms with Gasteiger partial charge in [0.25, 0.3) is 0 Å². The number of aldehydes is 1. The standard InChI is InChI=1S/C17H15F3O3/c1-16-7-6-10(22)8-14(16)12(9-21)15(23-16)11-4-2-3-5-13(11)17(18,19)20/h2-7,9,12,14-15H,8H2,1H3/t12-,14-,15-,16-/m1/s1. The molecule has 1 aliphatic carbocycles. The number of rotatable bonds is 2. The molecule has 1 aromatic rings. The van der Waals surface area contributed by atoms with Crippen LogP contribution in [0.2, 0.25) is 0 Å². The van der Waals surface area contributed by atoms with Crippen molar-refractivity contribution in [3.63, 3.8) is 0 Å². The van der Waals surface area contributed by atoms with Crippen molar-refractivity contribution in [1.82, 2.24) is 0 Å². The van der Waals surface area contributed by atoms with Crippen LogP contribution < -0.4 is 0 Å². The SMILES string of the molecule is C[C@@]12C=CC(=O)C[C@@H]1[C@@H](C=O)[C@@H](c1ccccc1C(F)(F)F)O2. The molecule has 1 aromatic carbocycles. The summed E-state index contributed by atoms with van der Waals surface area (Å²) in [6.07, 6.45) is -1.92. The molecule has 1 heterocycles. The monoisotopic (exact) mass is 324 g/mol. The predicted molar refractivity (Wildman–Crippen MR) is 75.5 cm³/mol. The first-order valence-electron chi connectivity index (χ1n) is 7.27. The van der Waals surface area contributed by atoms with Crippen LogP contribution in [0, 0.1) is 11.8 Å². The lowest BCUT2D eigenvalue weighted by Crippen LogP contribution is -2.36. The Kier molecular flexibility index (Phi) is 3.67. The van der Waals surface area contributed by atoms with Gasteiger partial charge < -0.3 is 9.53 Å². The van der Waals surface area contributed by atoms with Crippen LogP contribution in [0.3, 0.4) is 0 Å². The zero-order valence-corrected chi connectivity index (χ0v) is 12.3. The summed E-state index contributed by atoms with van der Waals surface area (Å²) in [5.74, 6) is -1.39. The predicted octanol–water partition coefficient (Wildman–Crippen LogP) is 3.50. The van der Waals surface area contributed by atoms with E-state index in [1.165, 1.54) is 24.3 Å². The lowest BCUT2D eigenvalue weighted by atomic mass is 9.74. The number of carbonyl (C=O) groups excluding carboxylic acids is 2. The third-order valence-corrected chi connectivity index (χ3v) is 4.68. The van der Waals surface area contributed by atoms with Crippen LogP contribution in [0.5, 0.6) is 0 Å². The maximum Gasteiger partial charge on any atom is 0.416 e. The van der Waals surface area contributed by atoms with E-state index in [9.17, 15) is 22.8 Å². The third-order valence-electron chi connectivity index (χ3n) is 4.68. The highest BCUT2D eigenvalue weighted by Crippen LogP contribution is 2.52. The molecule has 1 fully saturated rings. The van der Waals surface area contributed by atoms with Crippen molar-refractivity contribution in [3.8, 4) is 0 Å². The molecule has 4 atom stereocenters. The average Bonchev–Trinajstić information content (AvgIpc) is 2.79. The van der Waals surface area contributed by atoms with Crippen molar-refractivity contribution < 1.29 is 27.5 Å². The van der Waals surface area contributed by atoms with Crippen LogP contribution in [0.4, 0.5) is 13.2 Å². The maximum atomic E-state index is 13.2. The molecule has 6 heteroatoms. The number of fused-ring (bicyclic) bond motifs is 1. The normalized spacial score (nSPS) is 33.6. The van der Waals surface area contributed by atoms with Gasteiger partial charge in [0.15, 0.2) is 5.78 Å². The molecule has 0 bridgehead atoms. The van der Waals surface area contributed by atoms with Gasteiger partial charge in [0.2, 0.25) is 0 Å². The smallest absolute Gasteiger partial charge is 0.362 e. The summed E-state index contributed by atoms with van der Waals surface area (Å²) in [7, 11) is 0. The van der Waals surface area contributed by atoms with Gasteiger partial charge in [0, 0.05) is 12.3 Å². The summed E-state index contributed by atoms with van der Waals surface area (Å²) in [5.41, 5.74) is -1.79. The first kappa shape index (κ1) is 15.9. The number of benzene rings is 1. The third kappa shape index (κ3) is 2.61. The van der Waals surface area contributed by atoms with E-state index in [-0.39, 0.29) is 17.8 Å². The van der Waals surface area contributed by atoms with E-state index >= 15 is 0 Å². The second-order valence-electron chi connectivity index (χ2n) is 6.13. The minimum atomic E-state index is -4.53. The highest BCUT2D eigenvalue weighted by atomic mass is 19.4. The van der Waals surface area contributed by atoms with Crippen molar-refractivity contribution in [3.05, 3.63) is 47.5 Å². The molecule has 1 aliphatic heterocycles. The molecular weight excluding hydrogens is 309 g/mol. The zero-order valence-electron chi connectivity index (χ0n) is 12.3. The van der Waals surface area contributed by atoms with Crippen LogP contribution in [0.1, 0.15) is 30.6 Å². The Morgan fingerprint density at radius 3 is 2.65 bits per heavy atom. The van der Waals surface area contributed by atoms with E-state index in [0.717, 1.165) is 6.07 Å². The van der Waals surface area contributed by atoms with E-state index in [0.29, 0.717) is 6.29 Å². The molecule has 0 N–H and O–H groups in total. The van der Waals surface area contributed by atoms with E-state index in [2.05, 4.69) is 0 Å². The molecule has 0 unspecified atom stereocenters. The molecule has 3 rings (SSSR count). The molecule has 0 saturated carbocycles. The first-order chi connectivity index (χ1) is 10.8. The van der Waals surface area contributed by atoms with E-state index in [1.54, 1.807) is 13.0 Å². The Morgan fingerprint density at radius 2 is 2.00 bits per heavy atom. The van der Waals surface area contributed by atoms with Crippen LogP contribution in [-0.4, -0.2) is 17.7 Å². The van der Waals surface area contributed by atoms with E-state index < -0.39 is 35.3 Å². The van der Waals surface area contributed by atoms with Crippen LogP contribution in [-0.2, 0) is 20.5 Å². The maximum absolute atomic E-state index is 13.2. The molecule has 0 amide bonds. The lowest BCUT2D eigenvalue weighted by molar-refractivity contribution is -0.140. The van der Waals surface area contributed by atoms with Crippen molar-refractivity contribution in [2.45, 2.75) is 31.2 Å². The molecule has 1 saturated heterocycles. The zero-order chi connectivity index (χ0) is 16.8. The van der Waals surface area contributed by atoms with Gasteiger partial charge in [0.05, 0.1) is 23.2 Å². The molecule has 0 aromatic heterocycles. The topological polar surface area (TPSA) is 43.4 Å². The summed E-state index contributed by atoms with van der Waals surface area (Å²) in [4.78, 5) is 23.2. The minimum absolute atomic E-state index is 0.0615. The van der Waals surface area contributed by atoms with Gasteiger partial charge in [-0.05, 0) is 30.7 Å². The second kappa shape index (κ2) is 5.30. The number of alkyl halides is 3. The molecule has 0 spiro atoms. The van der Waals surface area contributed by atoms with Gasteiger partial charge in [-0.15, -0.1) is 0 Å². The van der Waals surface area contributed by atoms with Gasteiger partial charge in [0.1, 0.15) is 6.29 Å². The summed E-state index contributed by atoms with van der Waals surface area (Å²) in [5, 5.41) is 0. The summed E-state index contributed by atoms with van der Waals surface area (Å²) in [6.45, 7) is 1.70. The molecular formula is C17H15F3O3. The van der Waals surface area contributed by atoms with Gasteiger partial charge in [-0.2, -0.15) is 13.2 Å². The number of carbonyl (C=O) groups is 2. The van der Waals surface area contributed by atoms with Crippen LogP contribution >= 0.6 is 0 Å². The highest BCUT2D eigenvalue weighted by Gasteiger charge is 2.54. The van der Waals surface area contributed by atoms with Crippen molar-refractivity contribution in [2.24, 2.45) is 11.8 Å². The van der Waals surface area contributed by atoms with E-state index in [1.807, 2.05) is 0 Å². The molecule has 122 valence electrons.